The van der Waals surface area contributed by atoms with E-state index in [0.717, 1.165) is 12.3 Å². The number of carbonyl (C=O) groups is 2. The lowest BCUT2D eigenvalue weighted by Crippen LogP contribution is -2.21. The number of benzene rings is 2. The Hall–Kier alpha value is -4.62. The largest absolute Gasteiger partial charge is 0.494 e. The van der Waals surface area contributed by atoms with Crippen LogP contribution in [-0.2, 0) is 12.4 Å². The number of methoxy groups -OCH3 is 1. The molecule has 4 aromatic rings. The van der Waals surface area contributed by atoms with E-state index in [-0.39, 0.29) is 28.1 Å². The van der Waals surface area contributed by atoms with Crippen LogP contribution < -0.4 is 15.4 Å². The lowest BCUT2D eigenvalue weighted by molar-refractivity contribution is -0.143. The Balaban J connectivity index is 1.65. The van der Waals surface area contributed by atoms with Crippen LogP contribution in [0.4, 0.5) is 37.7 Å². The van der Waals surface area contributed by atoms with Crippen molar-refractivity contribution in [1.29, 1.82) is 0 Å². The van der Waals surface area contributed by atoms with Gasteiger partial charge in [-0.25, -0.2) is 4.68 Å². The van der Waals surface area contributed by atoms with Gasteiger partial charge in [-0.2, -0.15) is 31.4 Å². The van der Waals surface area contributed by atoms with E-state index in [2.05, 4.69) is 15.4 Å². The summed E-state index contributed by atoms with van der Waals surface area (Å²) in [5.74, 6) is -1.75. The van der Waals surface area contributed by atoms with Crippen molar-refractivity contribution >= 4 is 34.0 Å². The Morgan fingerprint density at radius 1 is 1.08 bits per heavy atom. The minimum Gasteiger partial charge on any atom is -0.494 e. The number of carbonyl (C=O) groups excluding carboxylic acids is 2. The van der Waals surface area contributed by atoms with Gasteiger partial charge in [0.1, 0.15) is 11.4 Å². The number of ether oxygens (including phenoxy) is 1. The van der Waals surface area contributed by atoms with Gasteiger partial charge in [-0.3, -0.25) is 14.6 Å². The van der Waals surface area contributed by atoms with Crippen LogP contribution in [0.25, 0.3) is 16.5 Å². The first-order chi connectivity index (χ1) is 17.4. The first-order valence-electron chi connectivity index (χ1n) is 10.4. The predicted molar refractivity (Wildman–Crippen MR) is 118 cm³/mol. The zero-order chi connectivity index (χ0) is 26.7. The number of rotatable bonds is 4. The number of alkyl halides is 6. The maximum absolute atomic E-state index is 14.3. The molecule has 8 nitrogen and oxygen atoms in total. The Morgan fingerprint density at radius 3 is 2.51 bits per heavy atom. The van der Waals surface area contributed by atoms with Gasteiger partial charge in [0, 0.05) is 34.3 Å². The van der Waals surface area contributed by atoms with Gasteiger partial charge < -0.3 is 15.4 Å². The summed E-state index contributed by atoms with van der Waals surface area (Å²) in [7, 11) is 1.27. The number of hydrogen-bond donors (Lipinski definition) is 2. The molecular weight excluding hydrogens is 508 g/mol. The average molecular weight is 521 g/mol. The van der Waals surface area contributed by atoms with Gasteiger partial charge in [-0.1, -0.05) is 12.1 Å². The zero-order valence-corrected chi connectivity index (χ0v) is 18.5. The maximum Gasteiger partial charge on any atom is 0.434 e. The minimum atomic E-state index is -5.11. The van der Waals surface area contributed by atoms with Crippen LogP contribution in [0.15, 0.2) is 48.8 Å². The molecule has 14 heteroatoms. The highest BCUT2D eigenvalue weighted by Gasteiger charge is 2.41. The summed E-state index contributed by atoms with van der Waals surface area (Å²) in [6.45, 7) is 0. The molecule has 2 aromatic heterocycles. The lowest BCUT2D eigenvalue weighted by Gasteiger charge is -2.16. The summed E-state index contributed by atoms with van der Waals surface area (Å²) in [6.07, 6.45) is -8.51. The van der Waals surface area contributed by atoms with Crippen LogP contribution in [0.5, 0.6) is 5.75 Å². The van der Waals surface area contributed by atoms with Crippen molar-refractivity contribution in [2.75, 3.05) is 17.7 Å². The molecule has 0 aliphatic carbocycles. The van der Waals surface area contributed by atoms with Crippen LogP contribution in [-0.4, -0.2) is 33.7 Å². The quantitative estimate of drug-likeness (QED) is 0.356. The number of nitrogens with one attached hydrogen (secondary N) is 2. The number of amides is 2. The SMILES string of the molecule is COc1cc(-n2ncc(C(=O)Nc3ccnc(C(F)(F)F)c3)c2C(F)(F)F)c2cccc3c2c1NC3=O. The molecular formula is C23H13F6N5O3. The fourth-order valence-corrected chi connectivity index (χ4v) is 4.09. The third kappa shape index (κ3) is 3.99. The summed E-state index contributed by atoms with van der Waals surface area (Å²) in [5, 5.41) is 8.96. The van der Waals surface area contributed by atoms with Gasteiger partial charge in [0.15, 0.2) is 5.69 Å². The van der Waals surface area contributed by atoms with Crippen LogP contribution >= 0.6 is 0 Å². The van der Waals surface area contributed by atoms with E-state index < -0.39 is 46.8 Å². The number of anilines is 2. The molecule has 37 heavy (non-hydrogen) atoms. The van der Waals surface area contributed by atoms with Gasteiger partial charge >= 0.3 is 12.4 Å². The van der Waals surface area contributed by atoms with Crippen LogP contribution in [0.3, 0.4) is 0 Å². The van der Waals surface area contributed by atoms with Crippen LogP contribution in [0.2, 0.25) is 0 Å². The van der Waals surface area contributed by atoms with E-state index in [4.69, 9.17) is 4.74 Å². The van der Waals surface area contributed by atoms with E-state index in [9.17, 15) is 35.9 Å². The summed E-state index contributed by atoms with van der Waals surface area (Å²) in [5.41, 5.74) is -3.80. The van der Waals surface area contributed by atoms with Gasteiger partial charge in [0.25, 0.3) is 11.8 Å². The van der Waals surface area contributed by atoms with Crippen molar-refractivity contribution in [2.24, 2.45) is 0 Å². The standard InChI is InChI=1S/C23H13F6N5O3/c1-37-15-8-14(11-3-2-4-12-17(11)18(15)33-20(12)35)34-19(23(27,28)29)13(9-31-34)21(36)32-10-5-6-30-16(7-10)22(24,25)26/h2-9H,1H3,(H,33,35)(H,30,32,36). The van der Waals surface area contributed by atoms with Crippen molar-refractivity contribution in [3.05, 3.63) is 71.3 Å². The van der Waals surface area contributed by atoms with Gasteiger partial charge in [-0.15, -0.1) is 0 Å². The van der Waals surface area contributed by atoms with E-state index in [0.29, 0.717) is 22.3 Å². The van der Waals surface area contributed by atoms with Crippen molar-refractivity contribution < 1.29 is 40.7 Å². The highest BCUT2D eigenvalue weighted by molar-refractivity contribution is 6.26. The molecule has 1 aliphatic heterocycles. The Morgan fingerprint density at radius 2 is 1.84 bits per heavy atom. The Bertz CT molecular complexity index is 1590. The Labute approximate surface area is 202 Å². The third-order valence-electron chi connectivity index (χ3n) is 5.63. The number of hydrogen-bond acceptors (Lipinski definition) is 5. The molecule has 1 aliphatic rings. The van der Waals surface area contributed by atoms with E-state index >= 15 is 0 Å². The zero-order valence-electron chi connectivity index (χ0n) is 18.5. The van der Waals surface area contributed by atoms with Crippen molar-refractivity contribution in [3.8, 4) is 11.4 Å². The summed E-state index contributed by atoms with van der Waals surface area (Å²) < 4.78 is 87.4. The molecule has 5 rings (SSSR count). The smallest absolute Gasteiger partial charge is 0.434 e. The molecule has 0 unspecified atom stereocenters. The summed E-state index contributed by atoms with van der Waals surface area (Å²) >= 11 is 0. The molecule has 190 valence electrons. The molecule has 2 amide bonds. The second-order valence-corrected chi connectivity index (χ2v) is 7.85. The molecule has 0 spiro atoms. The first-order valence-corrected chi connectivity index (χ1v) is 10.4. The van der Waals surface area contributed by atoms with Crippen molar-refractivity contribution in [2.45, 2.75) is 12.4 Å². The van der Waals surface area contributed by atoms with Crippen molar-refractivity contribution in [1.82, 2.24) is 14.8 Å². The third-order valence-corrected chi connectivity index (χ3v) is 5.63. The molecule has 0 fully saturated rings. The molecule has 0 atom stereocenters. The second-order valence-electron chi connectivity index (χ2n) is 7.85. The van der Waals surface area contributed by atoms with Crippen molar-refractivity contribution in [3.63, 3.8) is 0 Å². The number of aromatic nitrogens is 3. The summed E-state index contributed by atoms with van der Waals surface area (Å²) in [4.78, 5) is 28.3. The fourth-order valence-electron chi connectivity index (χ4n) is 4.09. The first kappa shape index (κ1) is 24.1. The molecule has 0 saturated heterocycles. The van der Waals surface area contributed by atoms with Crippen LogP contribution in [0, 0.1) is 0 Å². The van der Waals surface area contributed by atoms with Gasteiger partial charge in [0.2, 0.25) is 0 Å². The molecule has 0 saturated carbocycles. The lowest BCUT2D eigenvalue weighted by atomic mass is 10.0. The molecule has 3 heterocycles. The number of pyridine rings is 1. The van der Waals surface area contributed by atoms with E-state index in [1.165, 1.54) is 31.4 Å². The molecule has 2 N–H and O–H groups in total. The molecule has 2 aromatic carbocycles. The monoisotopic (exact) mass is 521 g/mol. The minimum absolute atomic E-state index is 0.0619. The highest BCUT2D eigenvalue weighted by atomic mass is 19.4. The Kier molecular flexibility index (Phi) is 5.35. The molecule has 0 radical (unpaired) electrons. The normalized spacial score (nSPS) is 13.1. The van der Waals surface area contributed by atoms with E-state index in [1.54, 1.807) is 0 Å². The van der Waals surface area contributed by atoms with E-state index in [1.807, 2.05) is 5.32 Å². The fraction of sp³-hybridized carbons (Fsp3) is 0.130. The van der Waals surface area contributed by atoms with Gasteiger partial charge in [-0.05, 0) is 18.2 Å². The summed E-state index contributed by atoms with van der Waals surface area (Å²) in [6, 6.07) is 7.18. The van der Waals surface area contributed by atoms with Gasteiger partial charge in [0.05, 0.1) is 30.2 Å². The number of halogens is 6. The average Bonchev–Trinajstić information content (AvgIpc) is 3.42. The topological polar surface area (TPSA) is 98.1 Å². The number of nitrogens with zero attached hydrogens (tertiary/aromatic N) is 3. The molecule has 0 bridgehead atoms. The van der Waals surface area contributed by atoms with Crippen LogP contribution in [0.1, 0.15) is 32.1 Å². The second kappa shape index (κ2) is 8.21. The highest BCUT2D eigenvalue weighted by Crippen LogP contribution is 2.44. The predicted octanol–water partition coefficient (Wildman–Crippen LogP) is 5.28. The maximum atomic E-state index is 14.3.